The van der Waals surface area contributed by atoms with E-state index in [0.717, 1.165) is 30.1 Å². The molecule has 0 saturated carbocycles. The second-order valence-electron chi connectivity index (χ2n) is 4.49. The first-order valence-electron chi connectivity index (χ1n) is 6.32. The maximum Gasteiger partial charge on any atom is 0.489 e. The molecule has 1 heterocycles. The maximum absolute atomic E-state index is 13.2. The second kappa shape index (κ2) is 7.35. The number of amidine groups is 1. The van der Waals surface area contributed by atoms with Crippen LogP contribution >= 0.6 is 11.8 Å². The van der Waals surface area contributed by atoms with E-state index in [2.05, 4.69) is 15.5 Å². The molecule has 11 heteroatoms. The molecule has 1 unspecified atom stereocenters. The molecule has 0 spiro atoms. The predicted molar refractivity (Wildman–Crippen MR) is 83.0 cm³/mol. The van der Waals surface area contributed by atoms with Crippen LogP contribution in [0.1, 0.15) is 12.0 Å². The number of carbonyl (C=O) groups is 2. The lowest BCUT2D eigenvalue weighted by Crippen LogP contribution is -2.33. The number of benzene rings is 1. The Balaban J connectivity index is 2.11. The van der Waals surface area contributed by atoms with Crippen LogP contribution in [0.2, 0.25) is 0 Å². The van der Waals surface area contributed by atoms with Crippen molar-refractivity contribution in [2.24, 2.45) is 10.2 Å². The predicted octanol–water partition coefficient (Wildman–Crippen LogP) is -1.10. The van der Waals surface area contributed by atoms with Gasteiger partial charge in [-0.05, 0) is 23.2 Å². The Hall–Kier alpha value is -2.24. The molecule has 1 atom stereocenters. The molecule has 1 aliphatic rings. The van der Waals surface area contributed by atoms with Gasteiger partial charge in [0.2, 0.25) is 5.91 Å². The molecule has 1 amide bonds. The smallest absolute Gasteiger partial charge is 0.481 e. The van der Waals surface area contributed by atoms with Crippen molar-refractivity contribution in [1.29, 1.82) is 0 Å². The summed E-state index contributed by atoms with van der Waals surface area (Å²) in [4.78, 5) is 22.1. The number of hydrogen-bond donors (Lipinski definition) is 4. The minimum atomic E-state index is -1.80. The Morgan fingerprint density at radius 3 is 2.87 bits per heavy atom. The molecule has 0 aliphatic carbocycles. The topological polar surface area (TPSA) is 132 Å². The Kier molecular flexibility index (Phi) is 5.47. The summed E-state index contributed by atoms with van der Waals surface area (Å²) < 4.78 is 13.2. The van der Waals surface area contributed by atoms with Crippen molar-refractivity contribution in [3.63, 3.8) is 0 Å². The van der Waals surface area contributed by atoms with Gasteiger partial charge >= 0.3 is 13.1 Å². The molecule has 2 rings (SSSR count). The van der Waals surface area contributed by atoms with Gasteiger partial charge in [-0.2, -0.15) is 5.10 Å². The number of carbonyl (C=O) groups excluding carboxylic acids is 1. The van der Waals surface area contributed by atoms with Gasteiger partial charge in [0.25, 0.3) is 0 Å². The summed E-state index contributed by atoms with van der Waals surface area (Å²) in [5, 5.41) is 36.1. The fourth-order valence-corrected chi connectivity index (χ4v) is 2.70. The van der Waals surface area contributed by atoms with Gasteiger partial charge < -0.3 is 20.5 Å². The molecule has 1 aromatic rings. The number of carboxylic acids is 1. The Morgan fingerprint density at radius 2 is 2.22 bits per heavy atom. The highest BCUT2D eigenvalue weighted by Crippen LogP contribution is 2.22. The maximum atomic E-state index is 13.2. The van der Waals surface area contributed by atoms with E-state index in [0.29, 0.717) is 0 Å². The summed E-state index contributed by atoms with van der Waals surface area (Å²) in [6.45, 7) is 0. The zero-order chi connectivity index (χ0) is 17.0. The molecule has 8 nitrogen and oxygen atoms in total. The summed E-state index contributed by atoms with van der Waals surface area (Å²) >= 11 is 0.918. The molecule has 23 heavy (non-hydrogen) atoms. The summed E-state index contributed by atoms with van der Waals surface area (Å²) in [5.74, 6) is -2.18. The first kappa shape index (κ1) is 17.1. The zero-order valence-corrected chi connectivity index (χ0v) is 12.3. The average Bonchev–Trinajstić information content (AvgIpc) is 2.78. The molecule has 0 aromatic heterocycles. The number of halogens is 1. The van der Waals surface area contributed by atoms with Crippen LogP contribution < -0.4 is 10.8 Å². The minimum Gasteiger partial charge on any atom is -0.481 e. The van der Waals surface area contributed by atoms with Gasteiger partial charge in [0.05, 0.1) is 12.6 Å². The van der Waals surface area contributed by atoms with E-state index in [-0.39, 0.29) is 22.6 Å². The molecular weight excluding hydrogens is 328 g/mol. The van der Waals surface area contributed by atoms with Gasteiger partial charge in [-0.3, -0.25) is 9.59 Å². The molecule has 0 bridgehead atoms. The third-order valence-electron chi connectivity index (χ3n) is 2.81. The Bertz CT molecular complexity index is 697. The van der Waals surface area contributed by atoms with Crippen molar-refractivity contribution in [2.45, 2.75) is 11.7 Å². The number of aliphatic carboxylic acids is 1. The van der Waals surface area contributed by atoms with Crippen LogP contribution in [0.3, 0.4) is 0 Å². The normalized spacial score (nSPS) is 19.3. The molecule has 4 N–H and O–H groups in total. The number of carboxylic acid groups (broad SMARTS) is 1. The first-order chi connectivity index (χ1) is 10.9. The van der Waals surface area contributed by atoms with Crippen LogP contribution in [-0.4, -0.2) is 50.8 Å². The van der Waals surface area contributed by atoms with Crippen molar-refractivity contribution >= 4 is 47.6 Å². The summed E-state index contributed by atoms with van der Waals surface area (Å²) in [5.41, 5.74) is 0.156. The van der Waals surface area contributed by atoms with Crippen LogP contribution in [0.25, 0.3) is 0 Å². The van der Waals surface area contributed by atoms with Gasteiger partial charge in [0.1, 0.15) is 11.1 Å². The summed E-state index contributed by atoms with van der Waals surface area (Å²) in [6, 6.07) is 3.32. The largest absolute Gasteiger partial charge is 0.489 e. The van der Waals surface area contributed by atoms with E-state index in [1.54, 1.807) is 0 Å². The number of amides is 1. The van der Waals surface area contributed by atoms with Crippen molar-refractivity contribution in [3.8, 4) is 0 Å². The number of nitrogens with one attached hydrogen (secondary N) is 1. The molecule has 0 radical (unpaired) electrons. The van der Waals surface area contributed by atoms with E-state index < -0.39 is 30.1 Å². The monoisotopic (exact) mass is 339 g/mol. The number of rotatable bonds is 5. The molecule has 1 aliphatic heterocycles. The number of thioether (sulfide) groups is 1. The third-order valence-corrected chi connectivity index (χ3v) is 3.88. The first-order valence-corrected chi connectivity index (χ1v) is 7.20. The minimum absolute atomic E-state index is 0.0437. The van der Waals surface area contributed by atoms with Gasteiger partial charge in [-0.25, -0.2) is 4.39 Å². The number of hydrogen-bond acceptors (Lipinski definition) is 7. The fraction of sp³-hybridized carbons (Fsp3) is 0.167. The quantitative estimate of drug-likeness (QED) is 0.306. The lowest BCUT2D eigenvalue weighted by Gasteiger charge is -2.03. The van der Waals surface area contributed by atoms with Crippen molar-refractivity contribution in [2.75, 3.05) is 0 Å². The molecule has 1 fully saturated rings. The van der Waals surface area contributed by atoms with Crippen molar-refractivity contribution in [1.82, 2.24) is 5.32 Å². The van der Waals surface area contributed by atoms with Gasteiger partial charge in [0.15, 0.2) is 5.17 Å². The second-order valence-corrected chi connectivity index (χ2v) is 5.68. The highest BCUT2D eigenvalue weighted by Gasteiger charge is 2.32. The highest BCUT2D eigenvalue weighted by atomic mass is 32.2. The van der Waals surface area contributed by atoms with Crippen molar-refractivity contribution in [3.05, 3.63) is 29.6 Å². The molecular formula is C12H11BFN3O5S. The van der Waals surface area contributed by atoms with Gasteiger partial charge in [-0.15, -0.1) is 5.10 Å². The Morgan fingerprint density at radius 1 is 1.48 bits per heavy atom. The van der Waals surface area contributed by atoms with Crippen LogP contribution in [-0.2, 0) is 9.59 Å². The third kappa shape index (κ3) is 4.61. The Labute approximate surface area is 134 Å². The van der Waals surface area contributed by atoms with Crippen LogP contribution in [0.4, 0.5) is 4.39 Å². The SMILES string of the molecule is O=C(O)CC1SC(=NN=Cc2cc(F)ccc2B(O)O)NC1=O. The molecule has 1 aromatic carbocycles. The van der Waals surface area contributed by atoms with Crippen LogP contribution in [0.5, 0.6) is 0 Å². The summed E-state index contributed by atoms with van der Waals surface area (Å²) in [7, 11) is -1.80. The van der Waals surface area contributed by atoms with E-state index in [9.17, 15) is 24.0 Å². The molecule has 1 saturated heterocycles. The highest BCUT2D eigenvalue weighted by molar-refractivity contribution is 8.15. The van der Waals surface area contributed by atoms with E-state index in [4.69, 9.17) is 5.11 Å². The van der Waals surface area contributed by atoms with Crippen LogP contribution in [0.15, 0.2) is 28.4 Å². The van der Waals surface area contributed by atoms with Crippen molar-refractivity contribution < 1.29 is 29.1 Å². The standard InChI is InChI=1S/C12H11BFN3O5S/c14-7-1-2-8(13(21)22)6(3-7)5-15-17-12-16-11(20)9(23-12)4-10(18)19/h1-3,5,9,21-22H,4H2,(H,18,19)(H,16,17,20). The van der Waals surface area contributed by atoms with E-state index >= 15 is 0 Å². The zero-order valence-electron chi connectivity index (χ0n) is 11.5. The van der Waals surface area contributed by atoms with Crippen LogP contribution in [0, 0.1) is 5.82 Å². The van der Waals surface area contributed by atoms with Gasteiger partial charge in [0, 0.05) is 0 Å². The van der Waals surface area contributed by atoms with E-state index in [1.165, 1.54) is 6.07 Å². The molecule has 120 valence electrons. The average molecular weight is 339 g/mol. The lowest BCUT2D eigenvalue weighted by molar-refractivity contribution is -0.138. The number of nitrogens with zero attached hydrogens (tertiary/aromatic N) is 2. The summed E-state index contributed by atoms with van der Waals surface area (Å²) in [6.07, 6.45) is 0.756. The fourth-order valence-electron chi connectivity index (χ4n) is 1.78. The lowest BCUT2D eigenvalue weighted by atomic mass is 9.77. The van der Waals surface area contributed by atoms with E-state index in [1.807, 2.05) is 0 Å². The van der Waals surface area contributed by atoms with Gasteiger partial charge in [-0.1, -0.05) is 17.8 Å².